The minimum Gasteiger partial charge on any atom is -0.511 e. The molecule has 2 nitrogen and oxygen atoms in total. The second-order valence-corrected chi connectivity index (χ2v) is 8.12. The molecule has 25 heavy (non-hydrogen) atoms. The highest BCUT2D eigenvalue weighted by Crippen LogP contribution is 2.43. The summed E-state index contributed by atoms with van der Waals surface area (Å²) in [6, 6.07) is 4.38. The summed E-state index contributed by atoms with van der Waals surface area (Å²) < 4.78 is 0. The van der Waals surface area contributed by atoms with Gasteiger partial charge < -0.3 is 5.11 Å². The Hall–Kier alpha value is -1.57. The highest BCUT2D eigenvalue weighted by atomic mass is 16.3. The number of aryl methyl sites for hydroxylation is 3. The van der Waals surface area contributed by atoms with E-state index >= 15 is 0 Å². The first kappa shape index (κ1) is 18.2. The van der Waals surface area contributed by atoms with E-state index in [1.165, 1.54) is 16.7 Å². The van der Waals surface area contributed by atoms with Gasteiger partial charge in [0.1, 0.15) is 5.76 Å². The molecule has 0 unspecified atom stereocenters. The fourth-order valence-electron chi connectivity index (χ4n) is 4.94. The normalized spacial score (nSPS) is 27.2. The number of Topliss-reactive ketones (excluding diaryl/α,β-unsaturated/α-hetero) is 1. The molecule has 0 heterocycles. The molecule has 0 amide bonds. The zero-order valence-corrected chi connectivity index (χ0v) is 16.2. The molecule has 1 saturated carbocycles. The molecule has 3 aliphatic carbocycles. The summed E-state index contributed by atoms with van der Waals surface area (Å²) in [7, 11) is 0. The number of rotatable bonds is 3. The fourth-order valence-corrected chi connectivity index (χ4v) is 4.94. The van der Waals surface area contributed by atoms with Gasteiger partial charge in [0.15, 0.2) is 5.78 Å². The van der Waals surface area contributed by atoms with E-state index in [1.807, 2.05) is 0 Å². The third-order valence-corrected chi connectivity index (χ3v) is 6.50. The summed E-state index contributed by atoms with van der Waals surface area (Å²) in [6.45, 7) is 8.51. The largest absolute Gasteiger partial charge is 0.511 e. The van der Waals surface area contributed by atoms with Crippen molar-refractivity contribution in [3.63, 3.8) is 0 Å². The predicted molar refractivity (Wildman–Crippen MR) is 104 cm³/mol. The molecular formula is C23H32O2. The molecule has 1 aromatic rings. The van der Waals surface area contributed by atoms with Crippen LogP contribution in [0.2, 0.25) is 0 Å². The minimum atomic E-state index is 0.0775. The van der Waals surface area contributed by atoms with Crippen LogP contribution in [-0.4, -0.2) is 10.9 Å². The Bertz CT molecular complexity index is 665. The first-order valence-corrected chi connectivity index (χ1v) is 10.0. The highest BCUT2D eigenvalue weighted by Gasteiger charge is 2.35. The maximum absolute atomic E-state index is 13.3. The lowest BCUT2D eigenvalue weighted by Gasteiger charge is -2.30. The van der Waals surface area contributed by atoms with Gasteiger partial charge in [-0.15, -0.1) is 0 Å². The number of hydrogen-bond donors (Lipinski definition) is 1. The van der Waals surface area contributed by atoms with E-state index in [2.05, 4.69) is 39.8 Å². The maximum Gasteiger partial charge on any atom is 0.167 e. The molecule has 2 heteroatoms. The van der Waals surface area contributed by atoms with Crippen LogP contribution in [0.3, 0.4) is 0 Å². The summed E-state index contributed by atoms with van der Waals surface area (Å²) in [6.07, 6.45) is 6.92. The molecule has 0 aromatic heterocycles. The molecule has 1 fully saturated rings. The van der Waals surface area contributed by atoms with Gasteiger partial charge in [0.05, 0.1) is 5.57 Å². The molecule has 1 aromatic carbocycles. The summed E-state index contributed by atoms with van der Waals surface area (Å²) in [5.74, 6) is 1.60. The summed E-state index contributed by atoms with van der Waals surface area (Å²) in [4.78, 5) is 13.3. The lowest BCUT2D eigenvalue weighted by Crippen LogP contribution is -2.20. The van der Waals surface area contributed by atoms with Gasteiger partial charge >= 0.3 is 0 Å². The first-order chi connectivity index (χ1) is 12.0. The highest BCUT2D eigenvalue weighted by molar-refractivity contribution is 6.22. The number of aliphatic hydroxyl groups excluding tert-OH is 1. The quantitative estimate of drug-likeness (QED) is 0.754. The maximum atomic E-state index is 13.3. The number of hydrogen-bond acceptors (Lipinski definition) is 2. The van der Waals surface area contributed by atoms with Crippen LogP contribution in [0, 0.1) is 24.7 Å². The third-order valence-electron chi connectivity index (χ3n) is 6.50. The fraction of sp³-hybridized carbons (Fsp3) is 0.609. The SMILES string of the molecule is CCc1cc(C)cc(CC)c1C1=C(O)[C@@H](C)C2CCC(CC2)CC1=O. The predicted octanol–water partition coefficient (Wildman–Crippen LogP) is 5.80. The first-order valence-electron chi connectivity index (χ1n) is 10.0. The number of carbonyl (C=O) groups is 1. The van der Waals surface area contributed by atoms with Crippen molar-refractivity contribution in [2.45, 2.75) is 72.6 Å². The van der Waals surface area contributed by atoms with E-state index in [1.54, 1.807) is 0 Å². The van der Waals surface area contributed by atoms with Crippen LogP contribution in [-0.2, 0) is 17.6 Å². The van der Waals surface area contributed by atoms with Gasteiger partial charge in [-0.2, -0.15) is 0 Å². The second-order valence-electron chi connectivity index (χ2n) is 8.12. The van der Waals surface area contributed by atoms with Crippen LogP contribution >= 0.6 is 0 Å². The van der Waals surface area contributed by atoms with E-state index in [-0.39, 0.29) is 11.7 Å². The minimum absolute atomic E-state index is 0.0775. The summed E-state index contributed by atoms with van der Waals surface area (Å²) in [5, 5.41) is 11.2. The molecule has 0 spiro atoms. The Morgan fingerprint density at radius 1 is 1.04 bits per heavy atom. The molecular weight excluding hydrogens is 308 g/mol. The summed E-state index contributed by atoms with van der Waals surface area (Å²) in [5.41, 5.74) is 5.31. The van der Waals surface area contributed by atoms with E-state index in [9.17, 15) is 9.90 Å². The van der Waals surface area contributed by atoms with Gasteiger partial charge in [-0.25, -0.2) is 0 Å². The number of aliphatic hydroxyl groups is 1. The molecule has 2 bridgehead atoms. The van der Waals surface area contributed by atoms with Crippen LogP contribution in [0.15, 0.2) is 17.9 Å². The number of ketones is 1. The van der Waals surface area contributed by atoms with Crippen molar-refractivity contribution in [3.8, 4) is 0 Å². The number of allylic oxidation sites excluding steroid dienone is 2. The number of fused-ring (bicyclic) bond motifs is 5. The average molecular weight is 341 g/mol. The number of benzene rings is 1. The van der Waals surface area contributed by atoms with Gasteiger partial charge in [0.25, 0.3) is 0 Å². The van der Waals surface area contributed by atoms with Gasteiger partial charge in [-0.3, -0.25) is 4.79 Å². The van der Waals surface area contributed by atoms with Crippen molar-refractivity contribution < 1.29 is 9.90 Å². The Kier molecular flexibility index (Phi) is 5.36. The Labute approximate surface area is 152 Å². The van der Waals surface area contributed by atoms with E-state index in [0.717, 1.165) is 44.1 Å². The van der Waals surface area contributed by atoms with Crippen molar-refractivity contribution >= 4 is 11.4 Å². The average Bonchev–Trinajstić information content (AvgIpc) is 2.67. The third kappa shape index (κ3) is 3.41. The van der Waals surface area contributed by atoms with Gasteiger partial charge in [0.2, 0.25) is 0 Å². The van der Waals surface area contributed by atoms with Crippen LogP contribution in [0.1, 0.15) is 75.1 Å². The van der Waals surface area contributed by atoms with E-state index < -0.39 is 0 Å². The van der Waals surface area contributed by atoms with Crippen molar-refractivity contribution in [3.05, 3.63) is 40.1 Å². The second kappa shape index (κ2) is 7.35. The standard InChI is InChI=1S/C23H32O2/c1-5-17-11-14(3)12-18(6-2)21(17)22-20(24)13-16-7-9-19(10-8-16)15(4)23(22)25/h11-12,15-16,19,25H,5-10,13H2,1-4H3/t15-,16?,19?/m0/s1. The van der Waals surface area contributed by atoms with Crippen LogP contribution in [0.4, 0.5) is 0 Å². The van der Waals surface area contributed by atoms with Gasteiger partial charge in [-0.05, 0) is 74.0 Å². The van der Waals surface area contributed by atoms with Crippen molar-refractivity contribution in [1.82, 2.24) is 0 Å². The van der Waals surface area contributed by atoms with Crippen LogP contribution in [0.25, 0.3) is 5.57 Å². The van der Waals surface area contributed by atoms with E-state index in [0.29, 0.717) is 29.6 Å². The lowest BCUT2D eigenvalue weighted by atomic mass is 9.76. The molecule has 136 valence electrons. The lowest BCUT2D eigenvalue weighted by molar-refractivity contribution is -0.114. The van der Waals surface area contributed by atoms with E-state index in [4.69, 9.17) is 0 Å². The Morgan fingerprint density at radius 3 is 2.12 bits per heavy atom. The van der Waals surface area contributed by atoms with Gasteiger partial charge in [0, 0.05) is 12.3 Å². The molecule has 1 atom stereocenters. The molecule has 4 rings (SSSR count). The van der Waals surface area contributed by atoms with Crippen molar-refractivity contribution in [2.75, 3.05) is 0 Å². The van der Waals surface area contributed by atoms with Crippen molar-refractivity contribution in [1.29, 1.82) is 0 Å². The monoisotopic (exact) mass is 340 g/mol. The Balaban J connectivity index is 2.22. The molecule has 3 aliphatic rings. The topological polar surface area (TPSA) is 37.3 Å². The zero-order chi connectivity index (χ0) is 18.1. The van der Waals surface area contributed by atoms with Crippen molar-refractivity contribution in [2.24, 2.45) is 17.8 Å². The smallest absolute Gasteiger partial charge is 0.167 e. The number of carbonyl (C=O) groups excluding carboxylic acids is 1. The molecule has 1 N–H and O–H groups in total. The Morgan fingerprint density at radius 2 is 1.60 bits per heavy atom. The molecule has 0 radical (unpaired) electrons. The molecule has 0 saturated heterocycles. The summed E-state index contributed by atoms with van der Waals surface area (Å²) >= 11 is 0. The van der Waals surface area contributed by atoms with Crippen LogP contribution in [0.5, 0.6) is 0 Å². The molecule has 0 aliphatic heterocycles. The van der Waals surface area contributed by atoms with Gasteiger partial charge in [-0.1, -0.05) is 38.5 Å². The van der Waals surface area contributed by atoms with Crippen LogP contribution < -0.4 is 0 Å². The zero-order valence-electron chi connectivity index (χ0n) is 16.2.